The van der Waals surface area contributed by atoms with Gasteiger partial charge in [0.25, 0.3) is 0 Å². The van der Waals surface area contributed by atoms with Gasteiger partial charge in [0.1, 0.15) is 13.2 Å². The average Bonchev–Trinajstić information content (AvgIpc) is 3.47. The zero-order chi connectivity index (χ0) is 59.2. The van der Waals surface area contributed by atoms with E-state index in [2.05, 4.69) is 142 Å². The van der Waals surface area contributed by atoms with Gasteiger partial charge in [-0.15, -0.1) is 0 Å². The zero-order valence-electron chi connectivity index (χ0n) is 53.7. The number of hydrogen-bond donors (Lipinski definition) is 0. The first-order valence-electron chi connectivity index (χ1n) is 34.5. The highest BCUT2D eigenvalue weighted by Gasteiger charge is 2.19. The standard InChI is InChI=1S/C76H128O6/c1-4-7-10-13-16-19-22-24-26-28-30-32-34-36-37-38-39-41-42-44-46-48-50-52-54-57-60-63-66-69-75(78)81-72-73(71-80-74(77)68-65-62-59-56-21-18-15-12-9-6-3)82-76(79)70-67-64-61-58-55-53-51-49-47-45-43-40-35-33-31-29-27-25-23-20-17-14-11-8-5-2/h7-8,10-12,15-17,19-20,24-27,30-33,40,43,73H,4-6,9,13-14,18,21-23,28-29,34-39,41-42,44-72H2,1-3H3/b10-7-,11-8-,15-12-,19-16-,20-17-,26-24-,27-25-,32-30-,33-31-,43-40-. The van der Waals surface area contributed by atoms with Crippen molar-refractivity contribution >= 4 is 17.9 Å². The van der Waals surface area contributed by atoms with E-state index in [9.17, 15) is 14.4 Å². The first-order valence-corrected chi connectivity index (χ1v) is 34.5. The molecular formula is C76H128O6. The van der Waals surface area contributed by atoms with Crippen LogP contribution in [0.15, 0.2) is 122 Å². The minimum absolute atomic E-state index is 0.0827. The molecule has 6 nitrogen and oxygen atoms in total. The highest BCUT2D eigenvalue weighted by atomic mass is 16.6. The summed E-state index contributed by atoms with van der Waals surface area (Å²) < 4.78 is 16.9. The minimum atomic E-state index is -0.787. The van der Waals surface area contributed by atoms with Crippen molar-refractivity contribution in [1.29, 1.82) is 0 Å². The maximum absolute atomic E-state index is 12.9. The van der Waals surface area contributed by atoms with Crippen LogP contribution < -0.4 is 0 Å². The molecule has 0 aliphatic heterocycles. The van der Waals surface area contributed by atoms with Gasteiger partial charge in [0.2, 0.25) is 0 Å². The van der Waals surface area contributed by atoms with E-state index in [1.165, 1.54) is 148 Å². The van der Waals surface area contributed by atoms with Gasteiger partial charge in [0.05, 0.1) is 0 Å². The molecular weight excluding hydrogens is 1010 g/mol. The van der Waals surface area contributed by atoms with Crippen LogP contribution in [0.2, 0.25) is 0 Å². The summed E-state index contributed by atoms with van der Waals surface area (Å²) in [5, 5.41) is 0. The number of hydrogen-bond acceptors (Lipinski definition) is 6. The fourth-order valence-corrected chi connectivity index (χ4v) is 9.58. The van der Waals surface area contributed by atoms with Crippen molar-refractivity contribution in [3.8, 4) is 0 Å². The number of allylic oxidation sites excluding steroid dienone is 20. The summed E-state index contributed by atoms with van der Waals surface area (Å²) in [6.45, 7) is 6.37. The molecule has 0 aliphatic carbocycles. The van der Waals surface area contributed by atoms with Crippen LogP contribution in [0.4, 0.5) is 0 Å². The van der Waals surface area contributed by atoms with Crippen LogP contribution in [0.5, 0.6) is 0 Å². The van der Waals surface area contributed by atoms with E-state index in [1.54, 1.807) is 0 Å². The van der Waals surface area contributed by atoms with Gasteiger partial charge in [0, 0.05) is 19.3 Å². The minimum Gasteiger partial charge on any atom is -0.462 e. The summed E-state index contributed by atoms with van der Waals surface area (Å²) in [6.07, 6.45) is 96.6. The van der Waals surface area contributed by atoms with E-state index in [0.717, 1.165) is 135 Å². The Balaban J connectivity index is 4.20. The molecule has 0 rings (SSSR count). The van der Waals surface area contributed by atoms with E-state index in [0.29, 0.717) is 19.3 Å². The molecule has 0 fully saturated rings. The Morgan fingerprint density at radius 3 is 0.756 bits per heavy atom. The normalized spacial score (nSPS) is 12.9. The quantitative estimate of drug-likeness (QED) is 0.0261. The van der Waals surface area contributed by atoms with Gasteiger partial charge < -0.3 is 14.2 Å². The van der Waals surface area contributed by atoms with E-state index < -0.39 is 6.10 Å². The molecule has 0 spiro atoms. The van der Waals surface area contributed by atoms with Gasteiger partial charge in [-0.3, -0.25) is 14.4 Å². The second-order valence-electron chi connectivity index (χ2n) is 22.7. The Hall–Kier alpha value is -4.19. The lowest BCUT2D eigenvalue weighted by Gasteiger charge is -2.18. The molecule has 0 amide bonds. The lowest BCUT2D eigenvalue weighted by Crippen LogP contribution is -2.30. The lowest BCUT2D eigenvalue weighted by atomic mass is 10.0. The van der Waals surface area contributed by atoms with Crippen LogP contribution in [-0.2, 0) is 28.6 Å². The predicted molar refractivity (Wildman–Crippen MR) is 357 cm³/mol. The molecule has 0 aromatic carbocycles. The molecule has 1 unspecified atom stereocenters. The molecule has 0 aromatic heterocycles. The molecule has 6 heteroatoms. The van der Waals surface area contributed by atoms with Crippen molar-refractivity contribution in [2.75, 3.05) is 13.2 Å². The van der Waals surface area contributed by atoms with Crippen LogP contribution in [0.1, 0.15) is 323 Å². The lowest BCUT2D eigenvalue weighted by molar-refractivity contribution is -0.167. The van der Waals surface area contributed by atoms with Gasteiger partial charge in [0.15, 0.2) is 6.10 Å². The van der Waals surface area contributed by atoms with E-state index in [-0.39, 0.29) is 31.1 Å². The summed E-state index contributed by atoms with van der Waals surface area (Å²) in [7, 11) is 0. The molecule has 0 aliphatic rings. The Morgan fingerprint density at radius 2 is 0.476 bits per heavy atom. The molecule has 468 valence electrons. The maximum atomic E-state index is 12.9. The summed E-state index contributed by atoms with van der Waals surface area (Å²) >= 11 is 0. The van der Waals surface area contributed by atoms with Gasteiger partial charge in [-0.1, -0.05) is 303 Å². The molecule has 0 saturated heterocycles. The van der Waals surface area contributed by atoms with Gasteiger partial charge in [-0.2, -0.15) is 0 Å². The highest BCUT2D eigenvalue weighted by molar-refractivity contribution is 5.71. The van der Waals surface area contributed by atoms with E-state index >= 15 is 0 Å². The number of rotatable bonds is 62. The van der Waals surface area contributed by atoms with Crippen molar-refractivity contribution in [1.82, 2.24) is 0 Å². The monoisotopic (exact) mass is 1140 g/mol. The second-order valence-corrected chi connectivity index (χ2v) is 22.7. The second kappa shape index (κ2) is 69.3. The van der Waals surface area contributed by atoms with Crippen molar-refractivity contribution in [3.05, 3.63) is 122 Å². The molecule has 0 aromatic rings. The molecule has 0 N–H and O–H groups in total. The van der Waals surface area contributed by atoms with Crippen molar-refractivity contribution in [2.24, 2.45) is 0 Å². The predicted octanol–water partition coefficient (Wildman–Crippen LogP) is 23.9. The van der Waals surface area contributed by atoms with Gasteiger partial charge >= 0.3 is 17.9 Å². The highest BCUT2D eigenvalue weighted by Crippen LogP contribution is 2.17. The fraction of sp³-hybridized carbons (Fsp3) is 0.697. The number of ether oxygens (including phenoxy) is 3. The summed E-state index contributed by atoms with van der Waals surface area (Å²) in [5.41, 5.74) is 0. The Bertz CT molecular complexity index is 1690. The number of carbonyl (C=O) groups is 3. The smallest absolute Gasteiger partial charge is 0.306 e. The molecule has 0 bridgehead atoms. The van der Waals surface area contributed by atoms with Crippen LogP contribution in [0.25, 0.3) is 0 Å². The largest absolute Gasteiger partial charge is 0.462 e. The van der Waals surface area contributed by atoms with Crippen LogP contribution in [0.3, 0.4) is 0 Å². The van der Waals surface area contributed by atoms with Gasteiger partial charge in [-0.05, 0) is 122 Å². The average molecular weight is 1140 g/mol. The van der Waals surface area contributed by atoms with Gasteiger partial charge in [-0.25, -0.2) is 0 Å². The molecule has 0 saturated carbocycles. The molecule has 82 heavy (non-hydrogen) atoms. The molecule has 0 heterocycles. The van der Waals surface area contributed by atoms with Crippen LogP contribution in [0, 0.1) is 0 Å². The fourth-order valence-electron chi connectivity index (χ4n) is 9.58. The zero-order valence-corrected chi connectivity index (χ0v) is 53.7. The third-order valence-electron chi connectivity index (χ3n) is 14.7. The van der Waals surface area contributed by atoms with Crippen molar-refractivity contribution in [3.63, 3.8) is 0 Å². The summed E-state index contributed by atoms with van der Waals surface area (Å²) in [4.78, 5) is 38.3. The molecule has 0 radical (unpaired) electrons. The summed E-state index contributed by atoms with van der Waals surface area (Å²) in [5.74, 6) is -0.891. The first kappa shape index (κ1) is 77.8. The van der Waals surface area contributed by atoms with Crippen LogP contribution >= 0.6 is 0 Å². The third kappa shape index (κ3) is 66.6. The maximum Gasteiger partial charge on any atom is 0.306 e. The van der Waals surface area contributed by atoms with E-state index in [1.807, 2.05) is 0 Å². The topological polar surface area (TPSA) is 78.9 Å². The van der Waals surface area contributed by atoms with E-state index in [4.69, 9.17) is 14.2 Å². The number of carbonyl (C=O) groups excluding carboxylic acids is 3. The molecule has 1 atom stereocenters. The van der Waals surface area contributed by atoms with Crippen molar-refractivity contribution in [2.45, 2.75) is 329 Å². The number of esters is 3. The Labute approximate surface area is 507 Å². The SMILES string of the molecule is CC/C=C\C/C=C\C/C=C\C/C=C\C/C=C\CCCCCCCCCCCC(=O)OC(COC(=O)CCCCCCC/C=C\CCC)COC(=O)CCCCCCCCCCCCCCCCCC/C=C\C/C=C\C/C=C\C/C=C\CC. The van der Waals surface area contributed by atoms with Crippen LogP contribution in [-0.4, -0.2) is 37.2 Å². The number of unbranched alkanes of at least 4 members (excludes halogenated alkanes) is 31. The first-order chi connectivity index (χ1) is 40.5. The van der Waals surface area contributed by atoms with Crippen molar-refractivity contribution < 1.29 is 28.6 Å². The Morgan fingerprint density at radius 1 is 0.256 bits per heavy atom. The third-order valence-corrected chi connectivity index (χ3v) is 14.7. The summed E-state index contributed by atoms with van der Waals surface area (Å²) in [6, 6.07) is 0. The Kier molecular flexibility index (Phi) is 65.8.